The Labute approximate surface area is 229 Å². The molecule has 1 rings (SSSR count). The molecule has 1 saturated heterocycles. The lowest BCUT2D eigenvalue weighted by Gasteiger charge is -2.40. The molecule has 1 aliphatic heterocycles. The minimum Gasteiger partial charge on any atom is -0.394 e. The summed E-state index contributed by atoms with van der Waals surface area (Å²) in [6, 6.07) is -0.712. The molecule has 7 unspecified atom stereocenters. The van der Waals surface area contributed by atoms with Gasteiger partial charge in [0.25, 0.3) is 0 Å². The molecule has 9 nitrogen and oxygen atoms in total. The van der Waals surface area contributed by atoms with Crippen molar-refractivity contribution in [2.24, 2.45) is 0 Å². The van der Waals surface area contributed by atoms with E-state index in [4.69, 9.17) is 9.47 Å². The number of allylic oxidation sites excluding steroid dienone is 2. The summed E-state index contributed by atoms with van der Waals surface area (Å²) in [5.41, 5.74) is 0. The Bertz CT molecular complexity index is 617. The van der Waals surface area contributed by atoms with Gasteiger partial charge in [0.2, 0.25) is 5.91 Å². The van der Waals surface area contributed by atoms with Crippen molar-refractivity contribution in [3.8, 4) is 0 Å². The maximum atomic E-state index is 12.6. The summed E-state index contributed by atoms with van der Waals surface area (Å²) in [5, 5.41) is 53.1. The normalized spacial score (nSPS) is 25.5. The van der Waals surface area contributed by atoms with Crippen molar-refractivity contribution in [1.29, 1.82) is 0 Å². The monoisotopic (exact) mass is 545 g/mol. The van der Waals surface area contributed by atoms with Gasteiger partial charge in [0.15, 0.2) is 6.29 Å². The number of rotatable bonds is 22. The summed E-state index contributed by atoms with van der Waals surface area (Å²) in [4.78, 5) is 12.6. The van der Waals surface area contributed by atoms with E-state index in [-0.39, 0.29) is 12.5 Å². The van der Waals surface area contributed by atoms with Crippen LogP contribution in [-0.4, -0.2) is 87.5 Å². The topological polar surface area (TPSA) is 149 Å². The van der Waals surface area contributed by atoms with Crippen LogP contribution in [0.15, 0.2) is 12.2 Å². The highest BCUT2D eigenvalue weighted by atomic mass is 16.7. The molecule has 0 aromatic carbocycles. The second-order valence-electron chi connectivity index (χ2n) is 10.5. The Morgan fingerprint density at radius 3 is 2.13 bits per heavy atom. The summed E-state index contributed by atoms with van der Waals surface area (Å²) in [6.07, 6.45) is 11.6. The predicted octanol–water partition coefficient (Wildman–Crippen LogP) is 3.10. The van der Waals surface area contributed by atoms with Crippen molar-refractivity contribution >= 4 is 5.91 Å². The van der Waals surface area contributed by atoms with Crippen LogP contribution in [0.5, 0.6) is 0 Å². The number of aliphatic hydroxyl groups excluding tert-OH is 5. The van der Waals surface area contributed by atoms with Crippen molar-refractivity contribution < 1.29 is 39.8 Å². The fourth-order valence-corrected chi connectivity index (χ4v) is 4.56. The van der Waals surface area contributed by atoms with E-state index in [9.17, 15) is 30.3 Å². The third-order valence-electron chi connectivity index (χ3n) is 7.12. The van der Waals surface area contributed by atoms with Crippen LogP contribution in [0.25, 0.3) is 0 Å². The van der Waals surface area contributed by atoms with Crippen molar-refractivity contribution in [2.75, 3.05) is 13.2 Å². The van der Waals surface area contributed by atoms with Crippen molar-refractivity contribution in [3.05, 3.63) is 12.2 Å². The Balaban J connectivity index is 2.42. The average molecular weight is 546 g/mol. The second-order valence-corrected chi connectivity index (χ2v) is 10.5. The predicted molar refractivity (Wildman–Crippen MR) is 147 cm³/mol. The zero-order valence-electron chi connectivity index (χ0n) is 23.7. The SMILES string of the molecule is CCCCC/C=C\CCCCCCCC(=O)NC(COC1OC(CO)C(O)C(O)C1O)C(O)CCCCC. The fourth-order valence-electron chi connectivity index (χ4n) is 4.56. The van der Waals surface area contributed by atoms with Crippen molar-refractivity contribution in [3.63, 3.8) is 0 Å². The van der Waals surface area contributed by atoms with Gasteiger partial charge in [-0.15, -0.1) is 0 Å². The van der Waals surface area contributed by atoms with Crippen LogP contribution in [0.3, 0.4) is 0 Å². The molecule has 9 heteroatoms. The number of hydrogen-bond acceptors (Lipinski definition) is 8. The molecule has 1 aliphatic rings. The molecule has 0 aromatic heterocycles. The lowest BCUT2D eigenvalue weighted by molar-refractivity contribution is -0.302. The number of aliphatic hydroxyl groups is 5. The van der Waals surface area contributed by atoms with Gasteiger partial charge < -0.3 is 40.3 Å². The van der Waals surface area contributed by atoms with Gasteiger partial charge in [-0.1, -0.05) is 77.4 Å². The van der Waals surface area contributed by atoms with E-state index in [1.54, 1.807) is 0 Å². The number of nitrogens with one attached hydrogen (secondary N) is 1. The maximum Gasteiger partial charge on any atom is 0.220 e. The van der Waals surface area contributed by atoms with Crippen LogP contribution < -0.4 is 5.32 Å². The molecule has 0 bridgehead atoms. The van der Waals surface area contributed by atoms with Gasteiger partial charge in [0.1, 0.15) is 24.4 Å². The zero-order valence-corrected chi connectivity index (χ0v) is 23.7. The molecular formula is C29H55NO8. The van der Waals surface area contributed by atoms with Gasteiger partial charge in [-0.2, -0.15) is 0 Å². The highest BCUT2D eigenvalue weighted by Crippen LogP contribution is 2.22. The van der Waals surface area contributed by atoms with Crippen molar-refractivity contribution in [2.45, 2.75) is 153 Å². The second kappa shape index (κ2) is 21.7. The first-order valence-electron chi connectivity index (χ1n) is 14.9. The molecule has 0 radical (unpaired) electrons. The smallest absolute Gasteiger partial charge is 0.220 e. The first-order valence-corrected chi connectivity index (χ1v) is 14.9. The van der Waals surface area contributed by atoms with Crippen molar-refractivity contribution in [1.82, 2.24) is 5.32 Å². The molecule has 6 N–H and O–H groups in total. The van der Waals surface area contributed by atoms with Gasteiger partial charge in [0, 0.05) is 6.42 Å². The molecule has 7 atom stereocenters. The Morgan fingerprint density at radius 2 is 1.47 bits per heavy atom. The zero-order chi connectivity index (χ0) is 28.2. The third-order valence-corrected chi connectivity index (χ3v) is 7.12. The maximum absolute atomic E-state index is 12.6. The number of hydrogen-bond donors (Lipinski definition) is 6. The van der Waals surface area contributed by atoms with Gasteiger partial charge in [-0.3, -0.25) is 4.79 Å². The quantitative estimate of drug-likeness (QED) is 0.0898. The standard InChI is InChI=1S/C29H55NO8/c1-3-5-7-8-9-10-11-12-13-14-15-17-19-25(33)30-22(23(32)18-16-6-4-2)21-37-29-28(36)27(35)26(34)24(20-31)38-29/h9-10,22-24,26-29,31-32,34-36H,3-8,11-21H2,1-2H3,(H,30,33)/b10-9-. The van der Waals surface area contributed by atoms with Gasteiger partial charge in [0.05, 0.1) is 25.4 Å². The highest BCUT2D eigenvalue weighted by molar-refractivity contribution is 5.76. The summed E-state index contributed by atoms with van der Waals surface area (Å²) < 4.78 is 11.0. The van der Waals surface area contributed by atoms with Gasteiger partial charge in [-0.25, -0.2) is 0 Å². The van der Waals surface area contributed by atoms with E-state index in [0.717, 1.165) is 57.8 Å². The fraction of sp³-hybridized carbons (Fsp3) is 0.897. The Kier molecular flexibility index (Phi) is 20.0. The minimum atomic E-state index is -1.55. The number of carbonyl (C=O) groups excluding carboxylic acids is 1. The van der Waals surface area contributed by atoms with E-state index < -0.39 is 49.5 Å². The molecule has 224 valence electrons. The van der Waals surface area contributed by atoms with Crippen LogP contribution in [0.2, 0.25) is 0 Å². The molecular weight excluding hydrogens is 490 g/mol. The number of unbranched alkanes of at least 4 members (excludes halogenated alkanes) is 10. The Hall–Kier alpha value is -1.07. The van der Waals surface area contributed by atoms with Crippen LogP contribution >= 0.6 is 0 Å². The van der Waals surface area contributed by atoms with Crippen LogP contribution in [0.1, 0.15) is 110 Å². The first-order chi connectivity index (χ1) is 18.3. The lowest BCUT2D eigenvalue weighted by atomic mass is 9.99. The van der Waals surface area contributed by atoms with E-state index in [1.165, 1.54) is 25.7 Å². The Morgan fingerprint density at radius 1 is 0.868 bits per heavy atom. The van der Waals surface area contributed by atoms with E-state index in [0.29, 0.717) is 12.8 Å². The average Bonchev–Trinajstić information content (AvgIpc) is 2.91. The number of carbonyl (C=O) groups is 1. The van der Waals surface area contributed by atoms with E-state index in [1.807, 2.05) is 0 Å². The number of ether oxygens (including phenoxy) is 2. The molecule has 0 spiro atoms. The largest absolute Gasteiger partial charge is 0.394 e. The van der Waals surface area contributed by atoms with Crippen LogP contribution in [-0.2, 0) is 14.3 Å². The summed E-state index contributed by atoms with van der Waals surface area (Å²) >= 11 is 0. The van der Waals surface area contributed by atoms with Crippen LogP contribution in [0.4, 0.5) is 0 Å². The molecule has 38 heavy (non-hydrogen) atoms. The molecule has 1 amide bonds. The molecule has 0 aromatic rings. The minimum absolute atomic E-state index is 0.145. The summed E-state index contributed by atoms with van der Waals surface area (Å²) in [5.74, 6) is -0.169. The highest BCUT2D eigenvalue weighted by Gasteiger charge is 2.44. The number of amides is 1. The first kappa shape index (κ1) is 35.0. The molecule has 0 saturated carbocycles. The molecule has 1 fully saturated rings. The third kappa shape index (κ3) is 14.4. The van der Waals surface area contributed by atoms with E-state index in [2.05, 4.69) is 31.3 Å². The van der Waals surface area contributed by atoms with Gasteiger partial charge >= 0.3 is 0 Å². The van der Waals surface area contributed by atoms with E-state index >= 15 is 0 Å². The lowest BCUT2D eigenvalue weighted by Crippen LogP contribution is -2.60. The van der Waals surface area contributed by atoms with Gasteiger partial charge in [-0.05, 0) is 38.5 Å². The summed E-state index contributed by atoms with van der Waals surface area (Å²) in [7, 11) is 0. The summed E-state index contributed by atoms with van der Waals surface area (Å²) in [6.45, 7) is 3.58. The molecule has 1 heterocycles. The van der Waals surface area contributed by atoms with Crippen LogP contribution in [0, 0.1) is 0 Å². The molecule has 0 aliphatic carbocycles.